The molecule has 2 amide bonds. The Morgan fingerprint density at radius 2 is 1.94 bits per heavy atom. The van der Waals surface area contributed by atoms with Gasteiger partial charge in [-0.25, -0.2) is 9.97 Å². The van der Waals surface area contributed by atoms with Crippen LogP contribution in [0.2, 0.25) is 0 Å². The number of nitrogens with two attached hydrogens (primary N) is 1. The van der Waals surface area contributed by atoms with Gasteiger partial charge in [-0.05, 0) is 36.6 Å². The van der Waals surface area contributed by atoms with E-state index in [9.17, 15) is 9.59 Å². The molecule has 5 rings (SSSR count). The Hall–Kier alpha value is -4.71. The molecule has 1 fully saturated rings. The van der Waals surface area contributed by atoms with E-state index >= 15 is 0 Å². The average molecular weight is 480 g/mol. The minimum Gasteiger partial charge on any atom is -0.369 e. The third kappa shape index (κ3) is 5.03. The summed E-state index contributed by atoms with van der Waals surface area (Å²) in [6.07, 6.45) is 6.20. The Balaban J connectivity index is 1.54. The van der Waals surface area contributed by atoms with Gasteiger partial charge in [0.15, 0.2) is 11.5 Å². The van der Waals surface area contributed by atoms with Crippen molar-refractivity contribution in [1.82, 2.24) is 19.7 Å². The lowest BCUT2D eigenvalue weighted by atomic mass is 10.1. The minimum absolute atomic E-state index is 0.0616. The number of primary amides is 1. The molecule has 9 heteroatoms. The van der Waals surface area contributed by atoms with Gasteiger partial charge in [0.05, 0.1) is 36.5 Å². The molecule has 0 spiro atoms. The van der Waals surface area contributed by atoms with E-state index in [0.717, 1.165) is 35.2 Å². The number of carbonyl (C=O) groups excluding carboxylic acids is 2. The maximum atomic E-state index is 12.4. The van der Waals surface area contributed by atoms with E-state index in [-0.39, 0.29) is 12.3 Å². The van der Waals surface area contributed by atoms with Crippen molar-refractivity contribution in [3.8, 4) is 28.6 Å². The number of rotatable bonds is 9. The first kappa shape index (κ1) is 23.1. The first-order valence-corrected chi connectivity index (χ1v) is 11.8. The number of benzene rings is 2. The second-order valence-corrected chi connectivity index (χ2v) is 8.82. The highest BCUT2D eigenvalue weighted by Crippen LogP contribution is 2.28. The zero-order valence-electron chi connectivity index (χ0n) is 19.6. The third-order valence-corrected chi connectivity index (χ3v) is 5.98. The number of imidazole rings is 1. The molecule has 180 valence electrons. The fraction of sp³-hybridized carbons (Fsp3) is 0.222. The summed E-state index contributed by atoms with van der Waals surface area (Å²) >= 11 is 0. The summed E-state index contributed by atoms with van der Waals surface area (Å²) in [7, 11) is 0. The molecule has 2 heterocycles. The van der Waals surface area contributed by atoms with Crippen LogP contribution < -0.4 is 16.4 Å². The smallest absolute Gasteiger partial charge is 0.251 e. The molecule has 2 aromatic heterocycles. The maximum absolute atomic E-state index is 12.4. The first-order chi connectivity index (χ1) is 17.5. The van der Waals surface area contributed by atoms with Crippen LogP contribution >= 0.6 is 0 Å². The van der Waals surface area contributed by atoms with Gasteiger partial charge in [0, 0.05) is 35.5 Å². The van der Waals surface area contributed by atoms with Gasteiger partial charge in [0.25, 0.3) is 5.91 Å². The summed E-state index contributed by atoms with van der Waals surface area (Å²) in [5.74, 6) is 0.0869. The van der Waals surface area contributed by atoms with Crippen LogP contribution in [-0.4, -0.2) is 38.8 Å². The van der Waals surface area contributed by atoms with Gasteiger partial charge in [-0.2, -0.15) is 5.26 Å². The average Bonchev–Trinajstić information content (AvgIpc) is 3.58. The molecule has 2 aromatic carbocycles. The fourth-order valence-electron chi connectivity index (χ4n) is 4.03. The van der Waals surface area contributed by atoms with Crippen molar-refractivity contribution in [2.75, 3.05) is 11.9 Å². The normalized spacial score (nSPS) is 12.8. The van der Waals surface area contributed by atoms with Gasteiger partial charge in [-0.3, -0.25) is 14.0 Å². The molecule has 1 aliphatic carbocycles. The van der Waals surface area contributed by atoms with Crippen molar-refractivity contribution in [1.29, 1.82) is 5.26 Å². The lowest BCUT2D eigenvalue weighted by Gasteiger charge is -2.11. The Labute approximate surface area is 208 Å². The molecule has 1 aliphatic rings. The van der Waals surface area contributed by atoms with E-state index in [0.29, 0.717) is 41.7 Å². The molecule has 0 atom stereocenters. The van der Waals surface area contributed by atoms with Crippen LogP contribution in [0.5, 0.6) is 0 Å². The van der Waals surface area contributed by atoms with E-state index < -0.39 is 5.91 Å². The highest BCUT2D eigenvalue weighted by Gasteiger charge is 2.23. The predicted molar refractivity (Wildman–Crippen MR) is 136 cm³/mol. The number of nitrogens with one attached hydrogen (secondary N) is 2. The number of carbonyl (C=O) groups is 2. The second kappa shape index (κ2) is 9.88. The van der Waals surface area contributed by atoms with Gasteiger partial charge in [0.1, 0.15) is 0 Å². The molecular weight excluding hydrogens is 454 g/mol. The summed E-state index contributed by atoms with van der Waals surface area (Å²) in [5, 5.41) is 15.2. The molecular formula is C27H25N7O2. The van der Waals surface area contributed by atoms with Crippen molar-refractivity contribution in [2.24, 2.45) is 5.73 Å². The minimum atomic E-state index is -0.402. The standard InChI is InChI=1S/C27H25N7O2/c28-11-2-12-30-25-26-31-15-23(18-5-7-19(8-6-18)27(36)32-21-9-10-21)34(26)16-22(33-25)20-4-1-3-17(13-20)14-24(29)35/h1,3-8,13,15-16,21H,2,9-10,12,14H2,(H2,29,35)(H,30,33)(H,32,36). The van der Waals surface area contributed by atoms with Crippen molar-refractivity contribution in [2.45, 2.75) is 31.7 Å². The number of amides is 2. The zero-order valence-corrected chi connectivity index (χ0v) is 19.6. The molecule has 0 unspecified atom stereocenters. The Bertz CT molecular complexity index is 1480. The molecule has 4 aromatic rings. The van der Waals surface area contributed by atoms with E-state index in [1.807, 2.05) is 59.1 Å². The lowest BCUT2D eigenvalue weighted by Crippen LogP contribution is -2.25. The van der Waals surface area contributed by atoms with Gasteiger partial charge < -0.3 is 16.4 Å². The zero-order chi connectivity index (χ0) is 25.1. The third-order valence-electron chi connectivity index (χ3n) is 5.98. The lowest BCUT2D eigenvalue weighted by molar-refractivity contribution is -0.117. The summed E-state index contributed by atoms with van der Waals surface area (Å²) in [6, 6.07) is 17.4. The molecule has 9 nitrogen and oxygen atoms in total. The number of nitrogens with zero attached hydrogens (tertiary/aromatic N) is 4. The molecule has 0 radical (unpaired) electrons. The summed E-state index contributed by atoms with van der Waals surface area (Å²) in [6.45, 7) is 0.428. The summed E-state index contributed by atoms with van der Waals surface area (Å²) in [5.41, 5.74) is 10.6. The Morgan fingerprint density at radius 3 is 2.67 bits per heavy atom. The monoisotopic (exact) mass is 479 g/mol. The maximum Gasteiger partial charge on any atom is 0.251 e. The molecule has 0 bridgehead atoms. The molecule has 4 N–H and O–H groups in total. The Kier molecular flexibility index (Phi) is 6.33. The van der Waals surface area contributed by atoms with Crippen molar-refractivity contribution in [3.63, 3.8) is 0 Å². The van der Waals surface area contributed by atoms with E-state index in [1.54, 1.807) is 6.20 Å². The van der Waals surface area contributed by atoms with Crippen LogP contribution in [0, 0.1) is 11.3 Å². The van der Waals surface area contributed by atoms with E-state index in [1.165, 1.54) is 0 Å². The van der Waals surface area contributed by atoms with Crippen LogP contribution in [0.15, 0.2) is 60.9 Å². The van der Waals surface area contributed by atoms with Crippen LogP contribution in [0.1, 0.15) is 35.2 Å². The molecule has 1 saturated carbocycles. The first-order valence-electron chi connectivity index (χ1n) is 11.8. The van der Waals surface area contributed by atoms with Crippen molar-refractivity contribution >= 4 is 23.3 Å². The van der Waals surface area contributed by atoms with Crippen molar-refractivity contribution < 1.29 is 9.59 Å². The highest BCUT2D eigenvalue weighted by molar-refractivity contribution is 5.95. The molecule has 0 saturated heterocycles. The number of aromatic nitrogens is 3. The number of anilines is 1. The number of hydrogen-bond donors (Lipinski definition) is 3. The van der Waals surface area contributed by atoms with Gasteiger partial charge in [-0.15, -0.1) is 0 Å². The van der Waals surface area contributed by atoms with Crippen molar-refractivity contribution in [3.05, 3.63) is 72.1 Å². The molecule has 0 aliphatic heterocycles. The second-order valence-electron chi connectivity index (χ2n) is 8.82. The van der Waals surface area contributed by atoms with Gasteiger partial charge in [-0.1, -0.05) is 30.3 Å². The highest BCUT2D eigenvalue weighted by atomic mass is 16.2. The topological polar surface area (TPSA) is 138 Å². The predicted octanol–water partition coefficient (Wildman–Crippen LogP) is 3.31. The summed E-state index contributed by atoms with van der Waals surface area (Å²) in [4.78, 5) is 33.1. The quantitative estimate of drug-likeness (QED) is 0.315. The number of nitriles is 1. The van der Waals surface area contributed by atoms with Crippen LogP contribution in [0.4, 0.5) is 5.82 Å². The van der Waals surface area contributed by atoms with E-state index in [4.69, 9.17) is 16.0 Å². The number of fused-ring (bicyclic) bond motifs is 1. The van der Waals surface area contributed by atoms with Crippen LogP contribution in [-0.2, 0) is 11.2 Å². The fourth-order valence-corrected chi connectivity index (χ4v) is 4.03. The van der Waals surface area contributed by atoms with Crippen LogP contribution in [0.3, 0.4) is 0 Å². The van der Waals surface area contributed by atoms with Gasteiger partial charge >= 0.3 is 0 Å². The van der Waals surface area contributed by atoms with Crippen LogP contribution in [0.25, 0.3) is 28.2 Å². The van der Waals surface area contributed by atoms with Gasteiger partial charge in [0.2, 0.25) is 5.91 Å². The number of hydrogen-bond acceptors (Lipinski definition) is 6. The Morgan fingerprint density at radius 1 is 1.14 bits per heavy atom. The SMILES string of the molecule is N#CCCNc1nc(-c2cccc(CC(N)=O)c2)cn2c(-c3ccc(C(=O)NC4CC4)cc3)cnc12. The molecule has 36 heavy (non-hydrogen) atoms. The largest absolute Gasteiger partial charge is 0.369 e. The van der Waals surface area contributed by atoms with E-state index in [2.05, 4.69) is 21.7 Å². The summed E-state index contributed by atoms with van der Waals surface area (Å²) < 4.78 is 1.94.